The Balaban J connectivity index is 0.000000347. The Bertz CT molecular complexity index is 1540. The molecule has 5 aliphatic heterocycles. The molecule has 1 amide bonds. The van der Waals surface area contributed by atoms with E-state index >= 15 is 0 Å². The van der Waals surface area contributed by atoms with Crippen LogP contribution in [0, 0.1) is 5.41 Å². The van der Waals surface area contributed by atoms with E-state index in [4.69, 9.17) is 21.1 Å². The first-order valence-electron chi connectivity index (χ1n) is 16.9. The Morgan fingerprint density at radius 2 is 1.94 bits per heavy atom. The van der Waals surface area contributed by atoms with E-state index in [2.05, 4.69) is 26.5 Å². The SMILES string of the molecule is C=C(CC1Cc2nc(OC)nc(N3CCCn4nc(C(=O)N5CC6(CCC6)C5)c(Cl)c4C3)c2CO1)C(F)(F)F.FC1CC2CCCN2C1. The summed E-state index contributed by atoms with van der Waals surface area (Å²) in [7, 11) is 1.45. The van der Waals surface area contributed by atoms with Crippen molar-refractivity contribution < 1.29 is 31.8 Å². The van der Waals surface area contributed by atoms with Gasteiger partial charge in [-0.1, -0.05) is 24.6 Å². The fraction of sp³-hybridized carbons (Fsp3) is 0.697. The molecule has 262 valence electrons. The Kier molecular flexibility index (Phi) is 9.12. The minimum atomic E-state index is -4.47. The van der Waals surface area contributed by atoms with Crippen LogP contribution >= 0.6 is 11.6 Å². The molecular formula is C33H42ClF4N7O3. The van der Waals surface area contributed by atoms with Crippen LogP contribution in [0.15, 0.2) is 12.2 Å². The predicted molar refractivity (Wildman–Crippen MR) is 170 cm³/mol. The summed E-state index contributed by atoms with van der Waals surface area (Å²) >= 11 is 6.77. The Morgan fingerprint density at radius 3 is 2.62 bits per heavy atom. The molecule has 0 radical (unpaired) electrons. The highest BCUT2D eigenvalue weighted by atomic mass is 35.5. The molecule has 7 heterocycles. The molecule has 1 aliphatic carbocycles. The monoisotopic (exact) mass is 695 g/mol. The van der Waals surface area contributed by atoms with E-state index in [1.54, 1.807) is 4.68 Å². The minimum Gasteiger partial charge on any atom is -0.467 e. The zero-order valence-corrected chi connectivity index (χ0v) is 28.0. The highest BCUT2D eigenvalue weighted by Gasteiger charge is 2.50. The molecule has 0 N–H and O–H groups in total. The van der Waals surface area contributed by atoms with Gasteiger partial charge in [0.05, 0.1) is 42.8 Å². The standard InChI is InChI=1S/C26H30ClF3N6O3.C7H12FN/c1-15(26(28,29)30)9-16-10-18-17(12-39-16)22(32-24(31-18)38-2)34-7-4-8-36-19(11-34)20(27)21(33-36)23(37)35-13-25(14-35)5-3-6-25;8-6-4-7-2-1-3-9(7)5-6/h16H,1,3-14H2,2H3;6-7H,1-5H2. The summed E-state index contributed by atoms with van der Waals surface area (Å²) in [5.41, 5.74) is 1.77. The van der Waals surface area contributed by atoms with Crippen molar-refractivity contribution in [2.75, 3.05) is 44.7 Å². The molecule has 48 heavy (non-hydrogen) atoms. The van der Waals surface area contributed by atoms with Gasteiger partial charge < -0.3 is 19.3 Å². The maximum atomic E-state index is 13.2. The highest BCUT2D eigenvalue weighted by Crippen LogP contribution is 2.48. The number of fused-ring (bicyclic) bond motifs is 3. The first-order valence-corrected chi connectivity index (χ1v) is 17.3. The summed E-state index contributed by atoms with van der Waals surface area (Å²) in [6.07, 6.45) is 1.78. The van der Waals surface area contributed by atoms with Gasteiger partial charge in [0.25, 0.3) is 5.91 Å². The second kappa shape index (κ2) is 13.1. The van der Waals surface area contributed by atoms with Crippen LogP contribution in [0.5, 0.6) is 6.01 Å². The van der Waals surface area contributed by atoms with Crippen molar-refractivity contribution in [3.63, 3.8) is 0 Å². The summed E-state index contributed by atoms with van der Waals surface area (Å²) < 4.78 is 64.7. The van der Waals surface area contributed by atoms with E-state index in [1.807, 2.05) is 9.80 Å². The second-order valence-electron chi connectivity index (χ2n) is 14.1. The maximum absolute atomic E-state index is 13.2. The number of carbonyl (C=O) groups excluding carboxylic acids is 1. The molecule has 8 rings (SSSR count). The largest absolute Gasteiger partial charge is 0.467 e. The lowest BCUT2D eigenvalue weighted by Gasteiger charge is -2.55. The smallest absolute Gasteiger partial charge is 0.412 e. The van der Waals surface area contributed by atoms with Crippen LogP contribution in [0.3, 0.4) is 0 Å². The normalized spacial score (nSPS) is 26.0. The lowest BCUT2D eigenvalue weighted by atomic mass is 9.63. The first kappa shape index (κ1) is 33.5. The van der Waals surface area contributed by atoms with Crippen LogP contribution in [0.2, 0.25) is 5.02 Å². The second-order valence-corrected chi connectivity index (χ2v) is 14.5. The molecule has 1 saturated carbocycles. The molecule has 10 nitrogen and oxygen atoms in total. The zero-order valence-electron chi connectivity index (χ0n) is 27.2. The van der Waals surface area contributed by atoms with Crippen LogP contribution in [0.25, 0.3) is 0 Å². The topological polar surface area (TPSA) is 88.9 Å². The number of halogens is 5. The lowest BCUT2D eigenvalue weighted by Crippen LogP contribution is -2.61. The molecule has 6 aliphatic rings. The van der Waals surface area contributed by atoms with Crippen LogP contribution in [-0.2, 0) is 30.9 Å². The van der Waals surface area contributed by atoms with E-state index in [-0.39, 0.29) is 37.1 Å². The number of aromatic nitrogens is 4. The van der Waals surface area contributed by atoms with Crippen molar-refractivity contribution in [2.24, 2.45) is 5.41 Å². The van der Waals surface area contributed by atoms with Crippen LogP contribution in [0.1, 0.15) is 78.8 Å². The molecule has 15 heteroatoms. The van der Waals surface area contributed by atoms with Gasteiger partial charge in [-0.15, -0.1) is 0 Å². The third-order valence-corrected chi connectivity index (χ3v) is 11.2. The number of hydrogen-bond acceptors (Lipinski definition) is 8. The molecule has 2 aromatic rings. The fourth-order valence-corrected chi connectivity index (χ4v) is 8.31. The first-order chi connectivity index (χ1) is 22.9. The Labute approximate surface area is 282 Å². The number of rotatable bonds is 5. The fourth-order valence-electron chi connectivity index (χ4n) is 8.04. The average molecular weight is 696 g/mol. The summed E-state index contributed by atoms with van der Waals surface area (Å²) in [6, 6.07) is 0.737. The number of nitrogens with zero attached hydrogens (tertiary/aromatic N) is 7. The summed E-state index contributed by atoms with van der Waals surface area (Å²) in [5.74, 6) is 0.448. The van der Waals surface area contributed by atoms with Gasteiger partial charge in [-0.25, -0.2) is 4.39 Å². The number of hydrogen-bond donors (Lipinski definition) is 0. The number of likely N-dealkylation sites (tertiary alicyclic amines) is 1. The number of methoxy groups -OCH3 is 1. The lowest BCUT2D eigenvalue weighted by molar-refractivity contribution is -0.0994. The van der Waals surface area contributed by atoms with Crippen molar-refractivity contribution in [2.45, 2.75) is 102 Å². The third-order valence-electron chi connectivity index (χ3n) is 10.8. The van der Waals surface area contributed by atoms with E-state index in [9.17, 15) is 22.4 Å². The number of ether oxygens (including phenoxy) is 2. The van der Waals surface area contributed by atoms with Gasteiger partial charge in [0.1, 0.15) is 12.0 Å². The number of carbonyl (C=O) groups is 1. The maximum Gasteiger partial charge on any atom is 0.412 e. The van der Waals surface area contributed by atoms with Gasteiger partial charge in [-0.3, -0.25) is 14.4 Å². The van der Waals surface area contributed by atoms with Gasteiger partial charge in [0.2, 0.25) is 0 Å². The van der Waals surface area contributed by atoms with E-state index in [0.29, 0.717) is 59.7 Å². The molecule has 4 fully saturated rings. The molecule has 3 saturated heterocycles. The van der Waals surface area contributed by atoms with E-state index < -0.39 is 24.0 Å². The van der Waals surface area contributed by atoms with Crippen LogP contribution in [0.4, 0.5) is 23.4 Å². The Morgan fingerprint density at radius 1 is 1.15 bits per heavy atom. The van der Waals surface area contributed by atoms with Gasteiger partial charge in [-0.2, -0.15) is 28.2 Å². The van der Waals surface area contributed by atoms with Gasteiger partial charge in [0.15, 0.2) is 5.69 Å². The molecule has 0 aromatic carbocycles. The summed E-state index contributed by atoms with van der Waals surface area (Å²) in [5, 5.41) is 4.94. The molecule has 3 unspecified atom stereocenters. The number of anilines is 1. The number of aryl methyl sites for hydroxylation is 1. The van der Waals surface area contributed by atoms with Crippen molar-refractivity contribution in [1.82, 2.24) is 29.5 Å². The molecule has 2 aromatic heterocycles. The minimum absolute atomic E-state index is 0.0639. The predicted octanol–water partition coefficient (Wildman–Crippen LogP) is 5.51. The van der Waals surface area contributed by atoms with Gasteiger partial charge in [-0.05, 0) is 45.1 Å². The molecule has 0 bridgehead atoms. The van der Waals surface area contributed by atoms with Crippen LogP contribution in [-0.4, -0.2) is 99.8 Å². The summed E-state index contributed by atoms with van der Waals surface area (Å²) in [6.45, 7) is 8.18. The Hall–Kier alpha value is -2.97. The van der Waals surface area contributed by atoms with Crippen molar-refractivity contribution in [1.29, 1.82) is 0 Å². The molecule has 1 spiro atoms. The van der Waals surface area contributed by atoms with Gasteiger partial charge in [0, 0.05) is 68.2 Å². The van der Waals surface area contributed by atoms with Crippen molar-refractivity contribution in [3.8, 4) is 6.01 Å². The summed E-state index contributed by atoms with van der Waals surface area (Å²) in [4.78, 5) is 28.4. The number of alkyl halides is 4. The van der Waals surface area contributed by atoms with E-state index in [1.165, 1.54) is 39.2 Å². The zero-order chi connectivity index (χ0) is 33.8. The molecule has 3 atom stereocenters. The third kappa shape index (κ3) is 6.51. The molecular weight excluding hydrogens is 654 g/mol. The van der Waals surface area contributed by atoms with Gasteiger partial charge >= 0.3 is 12.2 Å². The van der Waals surface area contributed by atoms with Crippen molar-refractivity contribution in [3.05, 3.63) is 39.8 Å². The van der Waals surface area contributed by atoms with Crippen molar-refractivity contribution >= 4 is 23.3 Å². The van der Waals surface area contributed by atoms with E-state index in [0.717, 1.165) is 38.2 Å². The average Bonchev–Trinajstić information content (AvgIpc) is 3.62. The van der Waals surface area contributed by atoms with Crippen LogP contribution < -0.4 is 9.64 Å². The quantitative estimate of drug-likeness (QED) is 0.299. The highest BCUT2D eigenvalue weighted by molar-refractivity contribution is 6.34. The number of amides is 1.